The standard InChI is InChI=1S/C12H12O2/c1-6-2-3-7-5-9-10(8(7)4-6)11(9)12(13)14/h2-4,9-11H,5H2,1H3,(H,13,14)/t9-,10+,11+/m0/s1. The van der Waals surface area contributed by atoms with Crippen LogP contribution in [0, 0.1) is 18.8 Å². The van der Waals surface area contributed by atoms with E-state index >= 15 is 0 Å². The van der Waals surface area contributed by atoms with E-state index in [4.69, 9.17) is 5.11 Å². The van der Waals surface area contributed by atoms with Gasteiger partial charge in [0.15, 0.2) is 0 Å². The second kappa shape index (κ2) is 2.38. The van der Waals surface area contributed by atoms with E-state index in [1.165, 1.54) is 16.7 Å². The number of fused-ring (bicyclic) bond motifs is 3. The molecule has 2 aliphatic carbocycles. The molecule has 14 heavy (non-hydrogen) atoms. The summed E-state index contributed by atoms with van der Waals surface area (Å²) in [7, 11) is 0. The summed E-state index contributed by atoms with van der Waals surface area (Å²) in [6.07, 6.45) is 0.969. The third-order valence-electron chi connectivity index (χ3n) is 3.57. The first kappa shape index (κ1) is 8.04. The fourth-order valence-electron chi connectivity index (χ4n) is 2.85. The molecular formula is C12H12O2. The number of benzene rings is 1. The molecule has 0 spiro atoms. The molecule has 0 radical (unpaired) electrons. The van der Waals surface area contributed by atoms with E-state index in [2.05, 4.69) is 25.1 Å². The van der Waals surface area contributed by atoms with Crippen molar-refractivity contribution < 1.29 is 9.90 Å². The highest BCUT2D eigenvalue weighted by atomic mass is 16.4. The molecule has 2 aliphatic rings. The Morgan fingerprint density at radius 1 is 1.50 bits per heavy atom. The molecule has 0 saturated heterocycles. The minimum atomic E-state index is -0.618. The first-order chi connectivity index (χ1) is 6.68. The Morgan fingerprint density at radius 3 is 3.00 bits per heavy atom. The number of rotatable bonds is 1. The van der Waals surface area contributed by atoms with Crippen LogP contribution in [0.3, 0.4) is 0 Å². The average Bonchev–Trinajstić information content (AvgIpc) is 2.73. The molecule has 1 fully saturated rings. The number of aliphatic carboxylic acids is 1. The molecule has 0 amide bonds. The molecule has 1 aromatic rings. The van der Waals surface area contributed by atoms with Gasteiger partial charge in [-0.05, 0) is 30.4 Å². The summed E-state index contributed by atoms with van der Waals surface area (Å²) in [6, 6.07) is 6.41. The Labute approximate surface area is 82.6 Å². The number of aryl methyl sites for hydroxylation is 1. The first-order valence-corrected chi connectivity index (χ1v) is 5.00. The smallest absolute Gasteiger partial charge is 0.307 e. The van der Waals surface area contributed by atoms with Crippen molar-refractivity contribution in [3.63, 3.8) is 0 Å². The topological polar surface area (TPSA) is 37.3 Å². The molecule has 0 aromatic heterocycles. The van der Waals surface area contributed by atoms with Gasteiger partial charge in [0.2, 0.25) is 0 Å². The summed E-state index contributed by atoms with van der Waals surface area (Å²) < 4.78 is 0. The van der Waals surface area contributed by atoms with Crippen molar-refractivity contribution in [1.29, 1.82) is 0 Å². The van der Waals surface area contributed by atoms with Crippen LogP contribution in [0.2, 0.25) is 0 Å². The van der Waals surface area contributed by atoms with E-state index in [0.717, 1.165) is 6.42 Å². The normalized spacial score (nSPS) is 32.2. The number of carbonyl (C=O) groups is 1. The van der Waals surface area contributed by atoms with E-state index in [1.54, 1.807) is 0 Å². The molecule has 2 nitrogen and oxygen atoms in total. The maximum atomic E-state index is 10.9. The summed E-state index contributed by atoms with van der Waals surface area (Å²) in [5.41, 5.74) is 3.89. The Hall–Kier alpha value is -1.31. The zero-order valence-electron chi connectivity index (χ0n) is 8.03. The van der Waals surface area contributed by atoms with Crippen molar-refractivity contribution >= 4 is 5.97 Å². The average molecular weight is 188 g/mol. The highest BCUT2D eigenvalue weighted by Crippen LogP contribution is 2.61. The van der Waals surface area contributed by atoms with Crippen LogP contribution in [0.25, 0.3) is 0 Å². The Bertz CT molecular complexity index is 422. The second-order valence-corrected chi connectivity index (χ2v) is 4.46. The Morgan fingerprint density at radius 2 is 2.29 bits per heavy atom. The van der Waals surface area contributed by atoms with E-state index < -0.39 is 5.97 Å². The molecule has 0 unspecified atom stereocenters. The molecule has 0 bridgehead atoms. The minimum Gasteiger partial charge on any atom is -0.481 e. The Balaban J connectivity index is 2.01. The van der Waals surface area contributed by atoms with Crippen molar-refractivity contribution in [1.82, 2.24) is 0 Å². The molecule has 1 saturated carbocycles. The van der Waals surface area contributed by atoms with Gasteiger partial charge >= 0.3 is 5.97 Å². The molecule has 3 atom stereocenters. The zero-order valence-corrected chi connectivity index (χ0v) is 8.03. The van der Waals surface area contributed by atoms with Gasteiger partial charge in [-0.3, -0.25) is 4.79 Å². The van der Waals surface area contributed by atoms with Crippen molar-refractivity contribution in [3.8, 4) is 0 Å². The quantitative estimate of drug-likeness (QED) is 0.731. The van der Waals surface area contributed by atoms with Crippen molar-refractivity contribution in [2.45, 2.75) is 19.3 Å². The van der Waals surface area contributed by atoms with Crippen LogP contribution in [-0.4, -0.2) is 11.1 Å². The molecule has 1 N–H and O–H groups in total. The minimum absolute atomic E-state index is 0.0932. The molecule has 3 rings (SSSR count). The van der Waals surface area contributed by atoms with Crippen LogP contribution in [0.5, 0.6) is 0 Å². The van der Waals surface area contributed by atoms with Gasteiger partial charge in [-0.2, -0.15) is 0 Å². The highest BCUT2D eigenvalue weighted by molar-refractivity contribution is 5.77. The van der Waals surface area contributed by atoms with Crippen LogP contribution in [0.15, 0.2) is 18.2 Å². The molecule has 72 valence electrons. The predicted octanol–water partition coefficient (Wildman–Crippen LogP) is 1.97. The molecule has 0 heterocycles. The van der Waals surface area contributed by atoms with Gasteiger partial charge in [0.1, 0.15) is 0 Å². The molecule has 2 heteroatoms. The van der Waals surface area contributed by atoms with Crippen LogP contribution < -0.4 is 0 Å². The largest absolute Gasteiger partial charge is 0.481 e. The Kier molecular flexibility index (Phi) is 1.37. The van der Waals surface area contributed by atoms with Crippen molar-refractivity contribution in [2.24, 2.45) is 11.8 Å². The number of hydrogen-bond acceptors (Lipinski definition) is 1. The van der Waals surface area contributed by atoms with Gasteiger partial charge in [-0.15, -0.1) is 0 Å². The lowest BCUT2D eigenvalue weighted by Gasteiger charge is -2.05. The lowest BCUT2D eigenvalue weighted by molar-refractivity contribution is -0.139. The van der Waals surface area contributed by atoms with Gasteiger partial charge in [-0.1, -0.05) is 23.8 Å². The summed E-state index contributed by atoms with van der Waals surface area (Å²) >= 11 is 0. The number of hydrogen-bond donors (Lipinski definition) is 1. The molecule has 0 aliphatic heterocycles. The predicted molar refractivity (Wildman–Crippen MR) is 52.2 cm³/mol. The van der Waals surface area contributed by atoms with E-state index in [1.807, 2.05) is 0 Å². The van der Waals surface area contributed by atoms with Crippen LogP contribution in [-0.2, 0) is 11.2 Å². The summed E-state index contributed by atoms with van der Waals surface area (Å²) in [5.74, 6) is 0.00292. The van der Waals surface area contributed by atoms with Gasteiger partial charge in [0.05, 0.1) is 5.92 Å². The maximum absolute atomic E-state index is 10.9. The highest BCUT2D eigenvalue weighted by Gasteiger charge is 2.59. The fourth-order valence-corrected chi connectivity index (χ4v) is 2.85. The van der Waals surface area contributed by atoms with E-state index in [0.29, 0.717) is 11.8 Å². The number of carboxylic acid groups (broad SMARTS) is 1. The second-order valence-electron chi connectivity index (χ2n) is 4.46. The van der Waals surface area contributed by atoms with Crippen LogP contribution in [0.4, 0.5) is 0 Å². The van der Waals surface area contributed by atoms with Crippen molar-refractivity contribution in [3.05, 3.63) is 34.9 Å². The SMILES string of the molecule is Cc1ccc2c(c1)[C@@H]1[C@H](C2)[C@H]1C(=O)O. The summed E-state index contributed by atoms with van der Waals surface area (Å²) in [6.45, 7) is 2.06. The van der Waals surface area contributed by atoms with Crippen LogP contribution in [0.1, 0.15) is 22.6 Å². The zero-order chi connectivity index (χ0) is 9.87. The van der Waals surface area contributed by atoms with Gasteiger partial charge in [0.25, 0.3) is 0 Å². The third kappa shape index (κ3) is 0.884. The maximum Gasteiger partial charge on any atom is 0.307 e. The van der Waals surface area contributed by atoms with E-state index in [9.17, 15) is 4.79 Å². The molecule has 1 aromatic carbocycles. The van der Waals surface area contributed by atoms with E-state index in [-0.39, 0.29) is 5.92 Å². The van der Waals surface area contributed by atoms with Crippen LogP contribution >= 0.6 is 0 Å². The van der Waals surface area contributed by atoms with Gasteiger partial charge in [-0.25, -0.2) is 0 Å². The van der Waals surface area contributed by atoms with Crippen molar-refractivity contribution in [2.75, 3.05) is 0 Å². The van der Waals surface area contributed by atoms with Gasteiger partial charge in [0, 0.05) is 5.92 Å². The fraction of sp³-hybridized carbons (Fsp3) is 0.417. The lowest BCUT2D eigenvalue weighted by Crippen LogP contribution is -2.05. The third-order valence-corrected chi connectivity index (χ3v) is 3.57. The first-order valence-electron chi connectivity index (χ1n) is 5.00. The number of carboxylic acids is 1. The molecular weight excluding hydrogens is 176 g/mol. The monoisotopic (exact) mass is 188 g/mol. The lowest BCUT2D eigenvalue weighted by atomic mass is 10.0. The van der Waals surface area contributed by atoms with Gasteiger partial charge < -0.3 is 5.11 Å². The summed E-state index contributed by atoms with van der Waals surface area (Å²) in [4.78, 5) is 10.9. The summed E-state index contributed by atoms with van der Waals surface area (Å²) in [5, 5.41) is 8.95.